The lowest BCUT2D eigenvalue weighted by Crippen LogP contribution is -2.29. The number of methoxy groups -OCH3 is 2. The van der Waals surface area contributed by atoms with E-state index in [2.05, 4.69) is 71.3 Å². The van der Waals surface area contributed by atoms with Crippen molar-refractivity contribution < 1.29 is 28.4 Å². The third-order valence-electron chi connectivity index (χ3n) is 13.8. The molecule has 19 heteroatoms. The van der Waals surface area contributed by atoms with Crippen LogP contribution in [0.1, 0.15) is 85.5 Å². The molecule has 0 atom stereocenters. The third-order valence-corrected chi connectivity index (χ3v) is 14.0. The molecule has 0 bridgehead atoms. The van der Waals surface area contributed by atoms with Crippen LogP contribution in [-0.4, -0.2) is 133 Å². The van der Waals surface area contributed by atoms with Gasteiger partial charge >= 0.3 is 0 Å². The average molecular weight is 1040 g/mol. The summed E-state index contributed by atoms with van der Waals surface area (Å²) in [4.78, 5) is 30.3. The van der Waals surface area contributed by atoms with E-state index in [1.54, 1.807) is 38.5 Å². The van der Waals surface area contributed by atoms with Gasteiger partial charge in [0.2, 0.25) is 0 Å². The molecule has 0 amide bonds. The summed E-state index contributed by atoms with van der Waals surface area (Å²) in [6.45, 7) is 7.19. The largest absolute Gasteiger partial charge is 0.496 e. The van der Waals surface area contributed by atoms with E-state index in [0.717, 1.165) is 92.9 Å². The fourth-order valence-corrected chi connectivity index (χ4v) is 9.64. The molecule has 4 aromatic heterocycles. The number of nitriles is 2. The highest BCUT2D eigenvalue weighted by molar-refractivity contribution is 6.29. The number of nitrogens with two attached hydrogens (primary N) is 1. The zero-order chi connectivity index (χ0) is 52.5. The lowest BCUT2D eigenvalue weighted by Gasteiger charge is -2.29. The summed E-state index contributed by atoms with van der Waals surface area (Å²) in [7, 11) is 7.70. The summed E-state index contributed by atoms with van der Waals surface area (Å²) in [5.41, 5.74) is 12.0. The number of rotatable bonds is 12. The van der Waals surface area contributed by atoms with Gasteiger partial charge in [-0.05, 0) is 114 Å². The minimum Gasteiger partial charge on any atom is -0.496 e. The van der Waals surface area contributed by atoms with Crippen LogP contribution in [0.5, 0.6) is 23.0 Å². The van der Waals surface area contributed by atoms with E-state index in [1.807, 2.05) is 48.8 Å². The molecule has 10 rings (SSSR count). The van der Waals surface area contributed by atoms with Crippen molar-refractivity contribution in [1.29, 1.82) is 10.5 Å². The molecule has 4 saturated heterocycles. The highest BCUT2D eigenvalue weighted by Crippen LogP contribution is 2.37. The van der Waals surface area contributed by atoms with Crippen LogP contribution in [-0.2, 0) is 9.47 Å². The van der Waals surface area contributed by atoms with Gasteiger partial charge in [0.15, 0.2) is 0 Å². The normalized spacial score (nSPS) is 16.9. The zero-order valence-electron chi connectivity index (χ0n) is 43.1. The molecule has 18 nitrogen and oxygen atoms in total. The first-order valence-corrected chi connectivity index (χ1v) is 25.8. The summed E-state index contributed by atoms with van der Waals surface area (Å²) in [5, 5.41) is 22.7. The quantitative estimate of drug-likeness (QED) is 0.109. The van der Waals surface area contributed by atoms with Crippen molar-refractivity contribution in [3.05, 3.63) is 113 Å². The maximum absolute atomic E-state index is 9.73. The number of hydrogen-bond acceptors (Lipinski definition) is 18. The molecule has 2 aromatic carbocycles. The Hall–Kier alpha value is -7.19. The molecule has 4 aliphatic heterocycles. The molecule has 4 aliphatic rings. The van der Waals surface area contributed by atoms with Crippen LogP contribution < -0.4 is 30.0 Å². The average Bonchev–Trinajstić information content (AvgIpc) is 3.45. The molecule has 75 heavy (non-hydrogen) atoms. The van der Waals surface area contributed by atoms with Gasteiger partial charge in [0.25, 0.3) is 0 Å². The van der Waals surface area contributed by atoms with Gasteiger partial charge in [-0.15, -0.1) is 0 Å². The topological polar surface area (TPSA) is 225 Å². The first-order chi connectivity index (χ1) is 36.6. The van der Waals surface area contributed by atoms with E-state index in [4.69, 9.17) is 45.8 Å². The Morgan fingerprint density at radius 3 is 1.53 bits per heavy atom. The van der Waals surface area contributed by atoms with Crippen LogP contribution in [0.25, 0.3) is 22.5 Å². The number of aromatic nitrogens is 6. The van der Waals surface area contributed by atoms with E-state index >= 15 is 0 Å². The molecule has 0 unspecified atom stereocenters. The number of piperidine rings is 2. The van der Waals surface area contributed by atoms with Crippen LogP contribution in [0.4, 0.5) is 17.5 Å². The number of likely N-dealkylation sites (tertiary alicyclic amines) is 2. The number of nitrogens with one attached hydrogen (secondary N) is 1. The summed E-state index contributed by atoms with van der Waals surface area (Å²) in [6, 6.07) is 22.7. The first-order valence-electron chi connectivity index (χ1n) is 25.4. The maximum atomic E-state index is 9.73. The molecule has 3 N–H and O–H groups in total. The molecule has 0 spiro atoms. The second kappa shape index (κ2) is 26.9. The van der Waals surface area contributed by atoms with Gasteiger partial charge in [0.1, 0.15) is 82.6 Å². The number of ether oxygens (including phenoxy) is 6. The number of nitrogens with zero attached hydrogens (tertiary/aromatic N) is 10. The van der Waals surface area contributed by atoms with Gasteiger partial charge in [0.05, 0.1) is 63.2 Å². The summed E-state index contributed by atoms with van der Waals surface area (Å²) in [6.07, 6.45) is 14.7. The van der Waals surface area contributed by atoms with Gasteiger partial charge < -0.3 is 49.3 Å². The molecular formula is C56H65ClN12O6. The molecule has 6 aromatic rings. The highest BCUT2D eigenvalue weighted by Gasteiger charge is 2.24. The second-order valence-corrected chi connectivity index (χ2v) is 19.3. The van der Waals surface area contributed by atoms with Crippen molar-refractivity contribution >= 4 is 29.1 Å². The van der Waals surface area contributed by atoms with Crippen LogP contribution in [0, 0.1) is 22.7 Å². The molecular weight excluding hydrogens is 972 g/mol. The third kappa shape index (κ3) is 15.0. The number of nitrogen functional groups attached to an aromatic ring is 1. The summed E-state index contributed by atoms with van der Waals surface area (Å²) in [5.74, 6) is 5.68. The molecule has 392 valence electrons. The first kappa shape index (κ1) is 54.1. The van der Waals surface area contributed by atoms with Crippen molar-refractivity contribution in [2.24, 2.45) is 0 Å². The minimum atomic E-state index is 0.0666. The van der Waals surface area contributed by atoms with Crippen molar-refractivity contribution in [3.63, 3.8) is 0 Å². The Bertz CT molecular complexity index is 2910. The SMILES string of the molecule is COc1cc(N)ncc1C1CCN(C)CC1.COc1cc(Nc2cc(-c3ccc(OC4CCOCC4)c(C#N)c3)ncn2)ncc1C1CCN(C)CC1.N#Cc1cc(-c2cc(Cl)ncn2)ccc1OC1CCOCC1. The summed E-state index contributed by atoms with van der Waals surface area (Å²) < 4.78 is 33.8. The number of anilines is 3. The number of benzene rings is 2. The van der Waals surface area contributed by atoms with Gasteiger partial charge in [-0.2, -0.15) is 10.5 Å². The van der Waals surface area contributed by atoms with E-state index in [9.17, 15) is 10.5 Å². The molecule has 4 fully saturated rings. The smallest absolute Gasteiger partial charge is 0.137 e. The molecule has 0 aliphatic carbocycles. The Morgan fingerprint density at radius 2 is 1.04 bits per heavy atom. The van der Waals surface area contributed by atoms with Crippen LogP contribution in [0.3, 0.4) is 0 Å². The Kier molecular flexibility index (Phi) is 19.4. The van der Waals surface area contributed by atoms with Crippen LogP contribution in [0.15, 0.2) is 85.7 Å². The Labute approximate surface area is 444 Å². The predicted molar refractivity (Wildman–Crippen MR) is 287 cm³/mol. The Balaban J connectivity index is 0.000000166. The lowest BCUT2D eigenvalue weighted by molar-refractivity contribution is 0.0252. The summed E-state index contributed by atoms with van der Waals surface area (Å²) >= 11 is 5.88. The highest BCUT2D eigenvalue weighted by atomic mass is 35.5. The molecule has 8 heterocycles. The van der Waals surface area contributed by atoms with Crippen molar-refractivity contribution in [2.45, 2.75) is 75.4 Å². The fraction of sp³-hybridized carbons (Fsp3) is 0.429. The van der Waals surface area contributed by atoms with Gasteiger partial charge in [-0.3, -0.25) is 0 Å². The maximum Gasteiger partial charge on any atom is 0.137 e. The minimum absolute atomic E-state index is 0.0666. The van der Waals surface area contributed by atoms with Crippen molar-refractivity contribution in [3.8, 4) is 57.7 Å². The van der Waals surface area contributed by atoms with Crippen molar-refractivity contribution in [1.82, 2.24) is 39.7 Å². The van der Waals surface area contributed by atoms with Crippen molar-refractivity contribution in [2.75, 3.05) is 92.0 Å². The molecule has 0 saturated carbocycles. The monoisotopic (exact) mass is 1040 g/mol. The van der Waals surface area contributed by atoms with E-state index in [-0.39, 0.29) is 12.2 Å². The number of pyridine rings is 2. The van der Waals surface area contributed by atoms with E-state index < -0.39 is 0 Å². The van der Waals surface area contributed by atoms with Gasteiger partial charge in [-0.1, -0.05) is 11.6 Å². The van der Waals surface area contributed by atoms with Crippen LogP contribution in [0.2, 0.25) is 5.15 Å². The standard InChI is InChI=1S/C28H32N6O3.C16H14ClN3O2.C12H19N3O/c1-34-9-5-19(6-10-34)23-17-30-28(15-26(23)35-2)33-27-14-24(31-18-32-27)20-3-4-25(21(13-20)16-29)37-22-7-11-36-12-8-22;17-16-8-14(19-10-20-16)11-1-2-15(12(7-11)9-18)22-13-3-5-21-6-4-13;1-15-5-3-9(4-6-15)10-8-14-12(13)7-11(10)16-2/h3-4,13-15,17-19,22H,5-12H2,1-2H3,(H,30,31,32,33);1-2,7-8,10,13H,3-6H2;7-9H,3-6H2,1-2H3,(H2,13,14). The predicted octanol–water partition coefficient (Wildman–Crippen LogP) is 9.24. The van der Waals surface area contributed by atoms with E-state index in [1.165, 1.54) is 31.1 Å². The second-order valence-electron chi connectivity index (χ2n) is 19.0. The van der Waals surface area contributed by atoms with E-state index in [0.29, 0.717) is 94.9 Å². The number of halogens is 1. The van der Waals surface area contributed by atoms with Gasteiger partial charge in [0, 0.05) is 84.6 Å². The zero-order valence-corrected chi connectivity index (χ0v) is 43.8. The van der Waals surface area contributed by atoms with Crippen LogP contribution >= 0.6 is 11.6 Å². The lowest BCUT2D eigenvalue weighted by atomic mass is 9.90. The number of hydrogen-bond donors (Lipinski definition) is 2. The Morgan fingerprint density at radius 1 is 0.573 bits per heavy atom. The van der Waals surface area contributed by atoms with Gasteiger partial charge in [-0.25, -0.2) is 29.9 Å². The fourth-order valence-electron chi connectivity index (χ4n) is 9.50. The molecule has 0 radical (unpaired) electrons.